The summed E-state index contributed by atoms with van der Waals surface area (Å²) in [5.74, 6) is 0.918. The van der Waals surface area contributed by atoms with Gasteiger partial charge in [-0.1, -0.05) is 0 Å². The summed E-state index contributed by atoms with van der Waals surface area (Å²) in [5.41, 5.74) is 0. The van der Waals surface area contributed by atoms with Gasteiger partial charge in [0.2, 0.25) is 0 Å². The Bertz CT molecular complexity index is 498. The van der Waals surface area contributed by atoms with Gasteiger partial charge in [-0.2, -0.15) is 0 Å². The lowest BCUT2D eigenvalue weighted by molar-refractivity contribution is 0.792. The molecular formula is C12H14IN3S. The fourth-order valence-corrected chi connectivity index (χ4v) is 3.07. The largest absolute Gasteiger partial charge is 0.366 e. The van der Waals surface area contributed by atoms with Gasteiger partial charge >= 0.3 is 0 Å². The Morgan fingerprint density at radius 2 is 2.29 bits per heavy atom. The summed E-state index contributed by atoms with van der Waals surface area (Å²) in [6.07, 6.45) is 4.42. The van der Waals surface area contributed by atoms with Crippen LogP contribution in [0.4, 0.5) is 5.82 Å². The third-order valence-electron chi connectivity index (χ3n) is 2.35. The smallest absolute Gasteiger partial charge is 0.143 e. The first-order valence-electron chi connectivity index (χ1n) is 5.42. The highest BCUT2D eigenvalue weighted by molar-refractivity contribution is 14.1. The number of hydrogen-bond acceptors (Lipinski definition) is 4. The van der Waals surface area contributed by atoms with Crippen molar-refractivity contribution >= 4 is 39.7 Å². The van der Waals surface area contributed by atoms with Crippen LogP contribution in [0.1, 0.15) is 16.7 Å². The fourth-order valence-electron chi connectivity index (χ4n) is 1.60. The molecule has 1 N–H and O–H groups in total. The summed E-state index contributed by atoms with van der Waals surface area (Å²) in [7, 11) is 0. The van der Waals surface area contributed by atoms with E-state index >= 15 is 0 Å². The standard InChI is InChI=1S/C12H14IN3S/c1-8(5-10-4-3-9(2)17-10)16-12-11(13)6-14-7-15-12/h3-4,6-8H,5H2,1-2H3,(H,14,15,16). The van der Waals surface area contributed by atoms with E-state index in [9.17, 15) is 0 Å². The molecule has 0 fully saturated rings. The number of aromatic nitrogens is 2. The number of rotatable bonds is 4. The molecule has 90 valence electrons. The zero-order valence-electron chi connectivity index (χ0n) is 9.77. The predicted molar refractivity (Wildman–Crippen MR) is 80.6 cm³/mol. The second kappa shape index (κ2) is 5.77. The Morgan fingerprint density at radius 3 is 2.94 bits per heavy atom. The zero-order chi connectivity index (χ0) is 12.3. The molecule has 0 amide bonds. The van der Waals surface area contributed by atoms with Crippen molar-refractivity contribution in [2.45, 2.75) is 26.3 Å². The average Bonchev–Trinajstić information content (AvgIpc) is 2.67. The van der Waals surface area contributed by atoms with Crippen molar-refractivity contribution in [1.82, 2.24) is 9.97 Å². The van der Waals surface area contributed by atoms with Crippen LogP contribution in [0.5, 0.6) is 0 Å². The van der Waals surface area contributed by atoms with Crippen LogP contribution in [0.15, 0.2) is 24.7 Å². The molecule has 2 aromatic heterocycles. The van der Waals surface area contributed by atoms with Crippen LogP contribution in [-0.2, 0) is 6.42 Å². The van der Waals surface area contributed by atoms with Gasteiger partial charge in [0.05, 0.1) is 3.57 Å². The van der Waals surface area contributed by atoms with E-state index in [2.05, 4.69) is 63.9 Å². The summed E-state index contributed by atoms with van der Waals surface area (Å²) in [6, 6.07) is 4.74. The van der Waals surface area contributed by atoms with Crippen molar-refractivity contribution in [2.24, 2.45) is 0 Å². The molecule has 1 unspecified atom stereocenters. The van der Waals surface area contributed by atoms with Gasteiger partial charge in [0.1, 0.15) is 12.1 Å². The third-order valence-corrected chi connectivity index (χ3v) is 4.17. The molecule has 0 aromatic carbocycles. The molecule has 0 aliphatic carbocycles. The molecular weight excluding hydrogens is 345 g/mol. The molecule has 5 heteroatoms. The van der Waals surface area contributed by atoms with Gasteiger partial charge < -0.3 is 5.32 Å². The van der Waals surface area contributed by atoms with Gasteiger partial charge in [0, 0.05) is 28.4 Å². The highest BCUT2D eigenvalue weighted by atomic mass is 127. The van der Waals surface area contributed by atoms with Crippen molar-refractivity contribution < 1.29 is 0 Å². The van der Waals surface area contributed by atoms with Crippen LogP contribution in [0, 0.1) is 10.5 Å². The average molecular weight is 359 g/mol. The minimum atomic E-state index is 0.372. The summed E-state index contributed by atoms with van der Waals surface area (Å²) in [4.78, 5) is 11.0. The Morgan fingerprint density at radius 1 is 1.47 bits per heavy atom. The normalized spacial score (nSPS) is 12.4. The van der Waals surface area contributed by atoms with E-state index in [0.717, 1.165) is 15.8 Å². The SMILES string of the molecule is Cc1ccc(CC(C)Nc2ncncc2I)s1. The number of thiophene rings is 1. The molecule has 0 aliphatic heterocycles. The van der Waals surface area contributed by atoms with E-state index in [1.807, 2.05) is 17.5 Å². The quantitative estimate of drug-likeness (QED) is 0.850. The molecule has 0 saturated heterocycles. The first kappa shape index (κ1) is 12.8. The molecule has 0 bridgehead atoms. The molecule has 0 aliphatic rings. The molecule has 1 atom stereocenters. The number of nitrogens with zero attached hydrogens (tertiary/aromatic N) is 2. The summed E-state index contributed by atoms with van der Waals surface area (Å²) in [5, 5.41) is 3.42. The van der Waals surface area contributed by atoms with Gasteiger partial charge in [-0.05, 0) is 48.6 Å². The van der Waals surface area contributed by atoms with Gasteiger partial charge in [0.15, 0.2) is 0 Å². The molecule has 3 nitrogen and oxygen atoms in total. The number of anilines is 1. The van der Waals surface area contributed by atoms with Crippen molar-refractivity contribution in [3.63, 3.8) is 0 Å². The van der Waals surface area contributed by atoms with Crippen molar-refractivity contribution in [1.29, 1.82) is 0 Å². The van der Waals surface area contributed by atoms with Crippen LogP contribution < -0.4 is 5.32 Å². The summed E-state index contributed by atoms with van der Waals surface area (Å²) < 4.78 is 1.05. The molecule has 2 rings (SSSR count). The van der Waals surface area contributed by atoms with Gasteiger partial charge in [-0.3, -0.25) is 0 Å². The summed E-state index contributed by atoms with van der Waals surface area (Å²) >= 11 is 4.10. The number of aryl methyl sites for hydroxylation is 1. The van der Waals surface area contributed by atoms with Crippen LogP contribution in [-0.4, -0.2) is 16.0 Å². The lowest BCUT2D eigenvalue weighted by Gasteiger charge is -2.14. The number of halogens is 1. The number of hydrogen-bond donors (Lipinski definition) is 1. The van der Waals surface area contributed by atoms with Crippen molar-refractivity contribution in [3.05, 3.63) is 38.0 Å². The van der Waals surface area contributed by atoms with E-state index in [1.165, 1.54) is 9.75 Å². The molecule has 0 radical (unpaired) electrons. The topological polar surface area (TPSA) is 37.8 Å². The lowest BCUT2D eigenvalue weighted by atomic mass is 10.2. The number of nitrogens with one attached hydrogen (secondary N) is 1. The first-order chi connectivity index (χ1) is 8.15. The Balaban J connectivity index is 1.98. The van der Waals surface area contributed by atoms with Gasteiger partial charge in [-0.25, -0.2) is 9.97 Å². The van der Waals surface area contributed by atoms with Crippen LogP contribution >= 0.6 is 33.9 Å². The first-order valence-corrected chi connectivity index (χ1v) is 7.32. The second-order valence-corrected chi connectivity index (χ2v) is 6.52. The Hall–Kier alpha value is -0.690. The molecule has 17 heavy (non-hydrogen) atoms. The van der Waals surface area contributed by atoms with Gasteiger partial charge in [-0.15, -0.1) is 11.3 Å². The van der Waals surface area contributed by atoms with Crippen LogP contribution in [0.25, 0.3) is 0 Å². The lowest BCUT2D eigenvalue weighted by Crippen LogP contribution is -2.19. The second-order valence-electron chi connectivity index (χ2n) is 3.98. The minimum Gasteiger partial charge on any atom is -0.366 e. The van der Waals surface area contributed by atoms with E-state index in [1.54, 1.807) is 6.33 Å². The molecule has 2 heterocycles. The predicted octanol–water partition coefficient (Wildman–Crippen LogP) is 3.49. The Kier molecular flexibility index (Phi) is 4.33. The van der Waals surface area contributed by atoms with Crippen molar-refractivity contribution in [3.8, 4) is 0 Å². The molecule has 2 aromatic rings. The van der Waals surface area contributed by atoms with E-state index in [4.69, 9.17) is 0 Å². The van der Waals surface area contributed by atoms with Crippen LogP contribution in [0.2, 0.25) is 0 Å². The molecule has 0 spiro atoms. The zero-order valence-corrected chi connectivity index (χ0v) is 12.7. The minimum absolute atomic E-state index is 0.372. The third kappa shape index (κ3) is 3.64. The van der Waals surface area contributed by atoms with E-state index < -0.39 is 0 Å². The Labute approximate surface area is 119 Å². The van der Waals surface area contributed by atoms with E-state index in [-0.39, 0.29) is 0 Å². The van der Waals surface area contributed by atoms with Crippen LogP contribution in [0.3, 0.4) is 0 Å². The molecule has 0 saturated carbocycles. The highest BCUT2D eigenvalue weighted by Crippen LogP contribution is 2.19. The van der Waals surface area contributed by atoms with Crippen molar-refractivity contribution in [2.75, 3.05) is 5.32 Å². The fraction of sp³-hybridized carbons (Fsp3) is 0.333. The summed E-state index contributed by atoms with van der Waals surface area (Å²) in [6.45, 7) is 4.31. The maximum Gasteiger partial charge on any atom is 0.143 e. The monoisotopic (exact) mass is 359 g/mol. The van der Waals surface area contributed by atoms with Gasteiger partial charge in [0.25, 0.3) is 0 Å². The van der Waals surface area contributed by atoms with E-state index in [0.29, 0.717) is 6.04 Å². The highest BCUT2D eigenvalue weighted by Gasteiger charge is 2.08. The maximum atomic E-state index is 4.24. The maximum absolute atomic E-state index is 4.24.